The zero-order valence-electron chi connectivity index (χ0n) is 10.1. The fourth-order valence-electron chi connectivity index (χ4n) is 2.12. The minimum Gasteiger partial charge on any atom is -0.328 e. The van der Waals surface area contributed by atoms with Gasteiger partial charge in [0.05, 0.1) is 5.52 Å². The summed E-state index contributed by atoms with van der Waals surface area (Å²) in [7, 11) is 0. The van der Waals surface area contributed by atoms with Crippen molar-refractivity contribution in [2.24, 2.45) is 5.73 Å². The lowest BCUT2D eigenvalue weighted by Gasteiger charge is -2.11. The van der Waals surface area contributed by atoms with Gasteiger partial charge in [0.25, 0.3) is 0 Å². The molecule has 1 heterocycles. The van der Waals surface area contributed by atoms with Crippen molar-refractivity contribution in [1.29, 1.82) is 0 Å². The van der Waals surface area contributed by atoms with Gasteiger partial charge in [-0.1, -0.05) is 18.2 Å². The number of para-hydroxylation sites is 1. The predicted molar refractivity (Wildman–Crippen MR) is 68.6 cm³/mol. The molecule has 0 bridgehead atoms. The Hall–Kier alpha value is -1.41. The Bertz CT molecular complexity index is 515. The molecule has 1 aromatic carbocycles. The molecule has 0 amide bonds. The van der Waals surface area contributed by atoms with E-state index in [1.807, 2.05) is 13.8 Å². The van der Waals surface area contributed by atoms with Gasteiger partial charge in [0.2, 0.25) is 0 Å². The number of pyridine rings is 1. The molecule has 2 heteroatoms. The van der Waals surface area contributed by atoms with E-state index >= 15 is 0 Å². The van der Waals surface area contributed by atoms with Crippen LogP contribution in [0.25, 0.3) is 10.9 Å². The van der Waals surface area contributed by atoms with Gasteiger partial charge in [-0.25, -0.2) is 0 Å². The molecule has 0 aliphatic heterocycles. The van der Waals surface area contributed by atoms with Gasteiger partial charge in [-0.05, 0) is 44.4 Å². The SMILES string of the molecule is Cc1cc(CC(C)N)c2cccc(C)c2n1. The molecule has 84 valence electrons. The lowest BCUT2D eigenvalue weighted by atomic mass is 10.00. The van der Waals surface area contributed by atoms with E-state index in [1.54, 1.807) is 0 Å². The number of aryl methyl sites for hydroxylation is 2. The number of hydrogen-bond acceptors (Lipinski definition) is 2. The fraction of sp³-hybridized carbons (Fsp3) is 0.357. The highest BCUT2D eigenvalue weighted by atomic mass is 14.7. The third-order valence-electron chi connectivity index (χ3n) is 2.80. The number of nitrogens with zero attached hydrogens (tertiary/aromatic N) is 1. The average molecular weight is 214 g/mol. The number of nitrogens with two attached hydrogens (primary N) is 1. The van der Waals surface area contributed by atoms with Crippen molar-refractivity contribution in [3.8, 4) is 0 Å². The Balaban J connectivity index is 2.68. The topological polar surface area (TPSA) is 38.9 Å². The van der Waals surface area contributed by atoms with Crippen LogP contribution < -0.4 is 5.73 Å². The summed E-state index contributed by atoms with van der Waals surface area (Å²) in [4.78, 5) is 4.60. The molecule has 2 aromatic rings. The molecular weight excluding hydrogens is 196 g/mol. The molecule has 1 atom stereocenters. The molecule has 0 saturated carbocycles. The van der Waals surface area contributed by atoms with Crippen LogP contribution in [0.15, 0.2) is 24.3 Å². The zero-order valence-corrected chi connectivity index (χ0v) is 10.1. The van der Waals surface area contributed by atoms with E-state index in [-0.39, 0.29) is 6.04 Å². The first-order valence-electron chi connectivity index (χ1n) is 5.69. The molecule has 0 fully saturated rings. The van der Waals surface area contributed by atoms with Gasteiger partial charge >= 0.3 is 0 Å². The van der Waals surface area contributed by atoms with E-state index in [1.165, 1.54) is 16.5 Å². The molecule has 16 heavy (non-hydrogen) atoms. The summed E-state index contributed by atoms with van der Waals surface area (Å²) in [6, 6.07) is 8.65. The third kappa shape index (κ3) is 2.07. The van der Waals surface area contributed by atoms with Gasteiger partial charge in [0, 0.05) is 17.1 Å². The number of rotatable bonds is 2. The standard InChI is InChI=1S/C14H18N2/c1-9-5-4-6-13-12(7-10(2)15)8-11(3)16-14(9)13/h4-6,8,10H,7,15H2,1-3H3. The molecule has 0 spiro atoms. The van der Waals surface area contributed by atoms with E-state index < -0.39 is 0 Å². The van der Waals surface area contributed by atoms with Gasteiger partial charge in [-0.15, -0.1) is 0 Å². The van der Waals surface area contributed by atoms with Crippen molar-refractivity contribution in [2.75, 3.05) is 0 Å². The molecule has 0 radical (unpaired) electrons. The lowest BCUT2D eigenvalue weighted by molar-refractivity contribution is 0.740. The summed E-state index contributed by atoms with van der Waals surface area (Å²) in [6.45, 7) is 6.18. The molecular formula is C14H18N2. The number of fused-ring (bicyclic) bond motifs is 1. The van der Waals surface area contributed by atoms with E-state index in [4.69, 9.17) is 5.73 Å². The monoisotopic (exact) mass is 214 g/mol. The van der Waals surface area contributed by atoms with Crippen molar-refractivity contribution >= 4 is 10.9 Å². The summed E-state index contributed by atoms with van der Waals surface area (Å²) in [6.07, 6.45) is 0.906. The van der Waals surface area contributed by atoms with Crippen LogP contribution in [0.1, 0.15) is 23.7 Å². The number of hydrogen-bond donors (Lipinski definition) is 1. The third-order valence-corrected chi connectivity index (χ3v) is 2.80. The second kappa shape index (κ2) is 4.22. The van der Waals surface area contributed by atoms with E-state index in [0.717, 1.165) is 17.6 Å². The highest BCUT2D eigenvalue weighted by molar-refractivity contribution is 5.85. The molecule has 0 aliphatic carbocycles. The van der Waals surface area contributed by atoms with Crippen LogP contribution in [-0.4, -0.2) is 11.0 Å². The highest BCUT2D eigenvalue weighted by Gasteiger charge is 2.07. The van der Waals surface area contributed by atoms with Crippen molar-refractivity contribution in [3.05, 3.63) is 41.1 Å². The predicted octanol–water partition coefficient (Wildman–Crippen LogP) is 2.74. The van der Waals surface area contributed by atoms with Crippen LogP contribution in [-0.2, 0) is 6.42 Å². The molecule has 2 rings (SSSR count). The van der Waals surface area contributed by atoms with Gasteiger partial charge in [0.1, 0.15) is 0 Å². The maximum Gasteiger partial charge on any atom is 0.0737 e. The van der Waals surface area contributed by atoms with E-state index in [0.29, 0.717) is 0 Å². The summed E-state index contributed by atoms with van der Waals surface area (Å²) >= 11 is 0. The van der Waals surface area contributed by atoms with Gasteiger partial charge < -0.3 is 5.73 Å². The Morgan fingerprint density at radius 2 is 2.06 bits per heavy atom. The summed E-state index contributed by atoms with van der Waals surface area (Å²) in [5, 5.41) is 1.24. The first kappa shape index (κ1) is 11.1. The Morgan fingerprint density at radius 1 is 1.31 bits per heavy atom. The second-order valence-electron chi connectivity index (χ2n) is 4.58. The first-order chi connectivity index (χ1) is 7.58. The van der Waals surface area contributed by atoms with Crippen molar-refractivity contribution in [1.82, 2.24) is 4.98 Å². The van der Waals surface area contributed by atoms with Gasteiger partial charge in [0.15, 0.2) is 0 Å². The molecule has 1 unspecified atom stereocenters. The van der Waals surface area contributed by atoms with Crippen LogP contribution >= 0.6 is 0 Å². The van der Waals surface area contributed by atoms with Crippen LogP contribution in [0, 0.1) is 13.8 Å². The smallest absolute Gasteiger partial charge is 0.0737 e. The van der Waals surface area contributed by atoms with Crippen LogP contribution in [0.5, 0.6) is 0 Å². The quantitative estimate of drug-likeness (QED) is 0.834. The summed E-state index contributed by atoms with van der Waals surface area (Å²) in [5.74, 6) is 0. The Kier molecular flexibility index (Phi) is 2.92. The summed E-state index contributed by atoms with van der Waals surface area (Å²) in [5.41, 5.74) is 10.6. The number of benzene rings is 1. The van der Waals surface area contributed by atoms with Crippen LogP contribution in [0.4, 0.5) is 0 Å². The van der Waals surface area contributed by atoms with Gasteiger partial charge in [-0.3, -0.25) is 4.98 Å². The minimum atomic E-state index is 0.186. The first-order valence-corrected chi connectivity index (χ1v) is 5.69. The van der Waals surface area contributed by atoms with E-state index in [9.17, 15) is 0 Å². The zero-order chi connectivity index (χ0) is 11.7. The highest BCUT2D eigenvalue weighted by Crippen LogP contribution is 2.22. The van der Waals surface area contributed by atoms with Crippen molar-refractivity contribution in [2.45, 2.75) is 33.2 Å². The maximum atomic E-state index is 5.88. The fourth-order valence-corrected chi connectivity index (χ4v) is 2.12. The molecule has 2 nitrogen and oxygen atoms in total. The second-order valence-corrected chi connectivity index (χ2v) is 4.58. The van der Waals surface area contributed by atoms with Crippen LogP contribution in [0.2, 0.25) is 0 Å². The Morgan fingerprint density at radius 3 is 2.75 bits per heavy atom. The van der Waals surface area contributed by atoms with Gasteiger partial charge in [-0.2, -0.15) is 0 Å². The Labute approximate surface area is 96.5 Å². The number of aromatic nitrogens is 1. The molecule has 0 aliphatic rings. The lowest BCUT2D eigenvalue weighted by Crippen LogP contribution is -2.18. The van der Waals surface area contributed by atoms with Crippen molar-refractivity contribution in [3.63, 3.8) is 0 Å². The minimum absolute atomic E-state index is 0.186. The molecule has 2 N–H and O–H groups in total. The normalized spacial score (nSPS) is 13.0. The maximum absolute atomic E-state index is 5.88. The largest absolute Gasteiger partial charge is 0.328 e. The average Bonchev–Trinajstić information content (AvgIpc) is 2.18. The molecule has 1 aromatic heterocycles. The summed E-state index contributed by atoms with van der Waals surface area (Å²) < 4.78 is 0. The van der Waals surface area contributed by atoms with Crippen molar-refractivity contribution < 1.29 is 0 Å². The molecule has 0 saturated heterocycles. The van der Waals surface area contributed by atoms with Crippen LogP contribution in [0.3, 0.4) is 0 Å². The van der Waals surface area contributed by atoms with E-state index in [2.05, 4.69) is 36.2 Å².